The van der Waals surface area contributed by atoms with E-state index in [0.717, 1.165) is 23.0 Å². The van der Waals surface area contributed by atoms with E-state index in [1.807, 2.05) is 60.7 Å². The molecule has 2 amide bonds. The van der Waals surface area contributed by atoms with Gasteiger partial charge >= 0.3 is 0 Å². The molecule has 1 aliphatic rings. The van der Waals surface area contributed by atoms with Crippen LogP contribution in [0.2, 0.25) is 0 Å². The van der Waals surface area contributed by atoms with E-state index in [0.29, 0.717) is 23.0 Å². The first-order valence-corrected chi connectivity index (χ1v) is 9.07. The van der Waals surface area contributed by atoms with Crippen molar-refractivity contribution in [1.29, 1.82) is 0 Å². The Kier molecular flexibility index (Phi) is 4.76. The SMILES string of the molecule is O=C1NC(=O)C(=Cc2cn(-c3ccccc3)nc2OCc2ccccc2)S1. The van der Waals surface area contributed by atoms with Gasteiger partial charge < -0.3 is 4.74 Å². The number of hydrogen-bond donors (Lipinski definition) is 1. The Bertz CT molecular complexity index is 1010. The molecule has 1 fully saturated rings. The summed E-state index contributed by atoms with van der Waals surface area (Å²) in [5.74, 6) is -0.0191. The lowest BCUT2D eigenvalue weighted by Crippen LogP contribution is -2.17. The molecule has 3 aromatic rings. The second kappa shape index (κ2) is 7.51. The summed E-state index contributed by atoms with van der Waals surface area (Å²) in [7, 11) is 0. The van der Waals surface area contributed by atoms with E-state index in [9.17, 15) is 9.59 Å². The number of nitrogens with one attached hydrogen (secondary N) is 1. The maximum absolute atomic E-state index is 11.9. The van der Waals surface area contributed by atoms with Gasteiger partial charge in [0.15, 0.2) is 0 Å². The van der Waals surface area contributed by atoms with Crippen molar-refractivity contribution in [2.24, 2.45) is 0 Å². The summed E-state index contributed by atoms with van der Waals surface area (Å²) >= 11 is 0.866. The van der Waals surface area contributed by atoms with Gasteiger partial charge in [-0.25, -0.2) is 4.68 Å². The Labute approximate surface area is 159 Å². The summed E-state index contributed by atoms with van der Waals surface area (Å²) in [6.45, 7) is 0.348. The van der Waals surface area contributed by atoms with Crippen LogP contribution in [0.25, 0.3) is 11.8 Å². The molecule has 134 valence electrons. The number of hydrogen-bond acceptors (Lipinski definition) is 5. The third kappa shape index (κ3) is 3.93. The van der Waals surface area contributed by atoms with Crippen molar-refractivity contribution < 1.29 is 14.3 Å². The van der Waals surface area contributed by atoms with Gasteiger partial charge in [0, 0.05) is 6.20 Å². The van der Waals surface area contributed by atoms with Crippen LogP contribution < -0.4 is 10.1 Å². The van der Waals surface area contributed by atoms with Crippen LogP contribution in [0.4, 0.5) is 4.79 Å². The average Bonchev–Trinajstić information content (AvgIpc) is 3.24. The highest BCUT2D eigenvalue weighted by Crippen LogP contribution is 2.29. The Morgan fingerprint density at radius 1 is 1.04 bits per heavy atom. The molecule has 0 spiro atoms. The molecule has 2 heterocycles. The van der Waals surface area contributed by atoms with Crippen LogP contribution in [0.5, 0.6) is 5.88 Å². The van der Waals surface area contributed by atoms with Crippen LogP contribution in [0.15, 0.2) is 71.8 Å². The van der Waals surface area contributed by atoms with Crippen LogP contribution in [0.3, 0.4) is 0 Å². The number of carbonyl (C=O) groups is 2. The molecule has 1 saturated heterocycles. The van der Waals surface area contributed by atoms with E-state index in [-0.39, 0.29) is 5.24 Å². The zero-order valence-electron chi connectivity index (χ0n) is 14.2. The predicted molar refractivity (Wildman–Crippen MR) is 103 cm³/mol. The maximum atomic E-state index is 11.9. The first kappa shape index (κ1) is 17.1. The molecule has 1 aromatic heterocycles. The first-order chi connectivity index (χ1) is 13.2. The van der Waals surface area contributed by atoms with E-state index in [4.69, 9.17) is 4.74 Å². The summed E-state index contributed by atoms with van der Waals surface area (Å²) in [4.78, 5) is 23.6. The van der Waals surface area contributed by atoms with Gasteiger partial charge in [0.1, 0.15) is 6.61 Å². The first-order valence-electron chi connectivity index (χ1n) is 8.26. The van der Waals surface area contributed by atoms with E-state index in [1.165, 1.54) is 0 Å². The van der Waals surface area contributed by atoms with Gasteiger partial charge in [0.05, 0.1) is 16.2 Å². The molecule has 1 aliphatic heterocycles. The van der Waals surface area contributed by atoms with Crippen molar-refractivity contribution in [2.75, 3.05) is 0 Å². The van der Waals surface area contributed by atoms with E-state index in [2.05, 4.69) is 10.4 Å². The zero-order valence-corrected chi connectivity index (χ0v) is 15.0. The molecule has 0 radical (unpaired) electrons. The fourth-order valence-electron chi connectivity index (χ4n) is 2.58. The van der Waals surface area contributed by atoms with Crippen LogP contribution in [0, 0.1) is 0 Å². The molecule has 4 rings (SSSR count). The topological polar surface area (TPSA) is 73.2 Å². The van der Waals surface area contributed by atoms with Gasteiger partial charge in [0.2, 0.25) is 5.88 Å². The van der Waals surface area contributed by atoms with Gasteiger partial charge in [-0.1, -0.05) is 48.5 Å². The predicted octanol–water partition coefficient (Wildman–Crippen LogP) is 3.78. The second-order valence-electron chi connectivity index (χ2n) is 5.80. The molecule has 27 heavy (non-hydrogen) atoms. The van der Waals surface area contributed by atoms with Crippen LogP contribution in [0.1, 0.15) is 11.1 Å². The fourth-order valence-corrected chi connectivity index (χ4v) is 3.26. The molecule has 0 saturated carbocycles. The largest absolute Gasteiger partial charge is 0.471 e. The third-order valence-electron chi connectivity index (χ3n) is 3.87. The van der Waals surface area contributed by atoms with Gasteiger partial charge in [-0.05, 0) is 35.5 Å². The zero-order chi connectivity index (χ0) is 18.6. The van der Waals surface area contributed by atoms with Crippen LogP contribution in [-0.2, 0) is 11.4 Å². The van der Waals surface area contributed by atoms with E-state index in [1.54, 1.807) is 17.0 Å². The summed E-state index contributed by atoms with van der Waals surface area (Å²) in [6.07, 6.45) is 3.40. The maximum Gasteiger partial charge on any atom is 0.290 e. The smallest absolute Gasteiger partial charge is 0.290 e. The number of carbonyl (C=O) groups excluding carboxylic acids is 2. The van der Waals surface area contributed by atoms with Crippen molar-refractivity contribution in [3.63, 3.8) is 0 Å². The molecule has 0 bridgehead atoms. The fraction of sp³-hybridized carbons (Fsp3) is 0.0500. The Morgan fingerprint density at radius 3 is 2.41 bits per heavy atom. The number of benzene rings is 2. The normalized spacial score (nSPS) is 15.2. The highest BCUT2D eigenvalue weighted by Gasteiger charge is 2.26. The Hall–Kier alpha value is -3.32. The second-order valence-corrected chi connectivity index (χ2v) is 6.81. The average molecular weight is 377 g/mol. The lowest BCUT2D eigenvalue weighted by Gasteiger charge is -2.04. The number of thioether (sulfide) groups is 1. The molecule has 6 nitrogen and oxygen atoms in total. The molecule has 2 aromatic carbocycles. The molecule has 7 heteroatoms. The van der Waals surface area contributed by atoms with Gasteiger partial charge in [-0.2, -0.15) is 0 Å². The molecule has 0 aliphatic carbocycles. The molecular formula is C20H15N3O3S. The van der Waals surface area contributed by atoms with Gasteiger partial charge in [0.25, 0.3) is 11.1 Å². The number of imide groups is 1. The number of nitrogens with zero attached hydrogens (tertiary/aromatic N) is 2. The number of aromatic nitrogens is 2. The van der Waals surface area contributed by atoms with Crippen molar-refractivity contribution >= 4 is 29.0 Å². The molecule has 0 unspecified atom stereocenters. The van der Waals surface area contributed by atoms with E-state index >= 15 is 0 Å². The van der Waals surface area contributed by atoms with Gasteiger partial charge in [-0.3, -0.25) is 14.9 Å². The Morgan fingerprint density at radius 2 is 1.74 bits per heavy atom. The molecule has 0 atom stereocenters. The lowest BCUT2D eigenvalue weighted by molar-refractivity contribution is -0.115. The molecular weight excluding hydrogens is 362 g/mol. The van der Waals surface area contributed by atoms with Crippen molar-refractivity contribution in [3.8, 4) is 11.6 Å². The van der Waals surface area contributed by atoms with Crippen molar-refractivity contribution in [3.05, 3.63) is 82.9 Å². The summed E-state index contributed by atoms with van der Waals surface area (Å²) < 4.78 is 7.58. The number of para-hydroxylation sites is 1. The van der Waals surface area contributed by atoms with E-state index < -0.39 is 5.91 Å². The van der Waals surface area contributed by atoms with Crippen molar-refractivity contribution in [2.45, 2.75) is 6.61 Å². The standard InChI is InChI=1S/C20H15N3O3S/c24-18-17(27-20(25)21-18)11-15-12-23(16-9-5-2-6-10-16)22-19(15)26-13-14-7-3-1-4-8-14/h1-12H,13H2,(H,21,24,25). The minimum atomic E-state index is -0.411. The van der Waals surface area contributed by atoms with Crippen LogP contribution >= 0.6 is 11.8 Å². The van der Waals surface area contributed by atoms with Crippen LogP contribution in [-0.4, -0.2) is 20.9 Å². The van der Waals surface area contributed by atoms with Gasteiger partial charge in [-0.15, -0.1) is 5.10 Å². The highest BCUT2D eigenvalue weighted by molar-refractivity contribution is 8.18. The highest BCUT2D eigenvalue weighted by atomic mass is 32.2. The quantitative estimate of drug-likeness (QED) is 0.685. The molecule has 1 N–H and O–H groups in total. The number of rotatable bonds is 5. The summed E-state index contributed by atoms with van der Waals surface area (Å²) in [6, 6.07) is 19.3. The summed E-state index contributed by atoms with van der Waals surface area (Å²) in [5.41, 5.74) is 2.50. The van der Waals surface area contributed by atoms with Crippen molar-refractivity contribution in [1.82, 2.24) is 15.1 Å². The minimum Gasteiger partial charge on any atom is -0.471 e. The monoisotopic (exact) mass is 377 g/mol. The number of amides is 2. The minimum absolute atomic E-state index is 0.317. The summed E-state index contributed by atoms with van der Waals surface area (Å²) in [5, 5.41) is 6.38. The number of ether oxygens (including phenoxy) is 1. The Balaban J connectivity index is 1.67. The third-order valence-corrected chi connectivity index (χ3v) is 4.69. The lowest BCUT2D eigenvalue weighted by atomic mass is 10.2.